The number of carbonyl (C=O) groups excluding carboxylic acids is 1. The average Bonchev–Trinajstić information content (AvgIpc) is 2.84. The molecule has 4 saturated carbocycles. The number of carbonyl (C=O) groups is 1. The maximum atomic E-state index is 12.2. The average molecular weight is 475 g/mol. The van der Waals surface area contributed by atoms with Gasteiger partial charge in [0.2, 0.25) is 0 Å². The fourth-order valence-electron chi connectivity index (χ4n) is 6.77. The van der Waals surface area contributed by atoms with Crippen LogP contribution in [0.2, 0.25) is 0 Å². The normalized spacial score (nSPS) is 26.1. The maximum absolute atomic E-state index is 12.2. The van der Waals surface area contributed by atoms with E-state index in [-0.39, 0.29) is 24.6 Å². The second-order valence-corrected chi connectivity index (χ2v) is 10.3. The molecule has 6 rings (SSSR count). The van der Waals surface area contributed by atoms with Crippen molar-refractivity contribution >= 4 is 5.97 Å². The maximum Gasteiger partial charge on any atom is 0.323 e. The second-order valence-electron chi connectivity index (χ2n) is 10.3. The minimum absolute atomic E-state index is 0.0488. The van der Waals surface area contributed by atoms with Crippen molar-refractivity contribution in [3.63, 3.8) is 0 Å². The minimum Gasteiger partial charge on any atom is -0.467 e. The van der Waals surface area contributed by atoms with Gasteiger partial charge in [-0.05, 0) is 92.0 Å². The Morgan fingerprint density at radius 3 is 2.37 bits per heavy atom. The van der Waals surface area contributed by atoms with Crippen molar-refractivity contribution < 1.29 is 23.7 Å². The monoisotopic (exact) mass is 474 g/mol. The van der Waals surface area contributed by atoms with Crippen LogP contribution in [0.5, 0.6) is 11.5 Å². The van der Waals surface area contributed by atoms with Gasteiger partial charge < -0.3 is 18.9 Å². The number of ether oxygens (including phenoxy) is 4. The second kappa shape index (κ2) is 10.8. The first kappa shape index (κ1) is 23.9. The molecule has 5 nitrogen and oxygen atoms in total. The van der Waals surface area contributed by atoms with Crippen molar-refractivity contribution in [2.45, 2.75) is 50.4 Å². The first-order valence-electron chi connectivity index (χ1n) is 12.7. The first-order valence-corrected chi connectivity index (χ1v) is 12.7. The molecule has 0 aromatic heterocycles. The van der Waals surface area contributed by atoms with Crippen LogP contribution < -0.4 is 9.47 Å². The Morgan fingerprint density at radius 2 is 1.69 bits per heavy atom. The van der Waals surface area contributed by atoms with Crippen molar-refractivity contribution in [3.05, 3.63) is 59.7 Å². The zero-order valence-corrected chi connectivity index (χ0v) is 20.5. The van der Waals surface area contributed by atoms with Gasteiger partial charge in [0.1, 0.15) is 17.9 Å². The predicted molar refractivity (Wildman–Crippen MR) is 133 cm³/mol. The summed E-state index contributed by atoms with van der Waals surface area (Å²) in [6, 6.07) is 15.3. The van der Waals surface area contributed by atoms with Crippen molar-refractivity contribution in [1.29, 1.82) is 0 Å². The Balaban J connectivity index is 1.33. The third-order valence-corrected chi connectivity index (χ3v) is 7.76. The topological polar surface area (TPSA) is 54.0 Å². The zero-order valence-electron chi connectivity index (χ0n) is 20.5. The Kier molecular flexibility index (Phi) is 7.41. The highest BCUT2D eigenvalue weighted by molar-refractivity contribution is 5.75. The summed E-state index contributed by atoms with van der Waals surface area (Å²) in [5.41, 5.74) is 2.35. The van der Waals surface area contributed by atoms with Crippen molar-refractivity contribution in [1.82, 2.24) is 0 Å². The number of benzene rings is 2. The summed E-state index contributed by atoms with van der Waals surface area (Å²) in [6.45, 7) is 1.26. The van der Waals surface area contributed by atoms with Gasteiger partial charge in [0.05, 0.1) is 13.2 Å². The lowest BCUT2D eigenvalue weighted by atomic mass is 9.48. The quantitative estimate of drug-likeness (QED) is 0.158. The Morgan fingerprint density at radius 1 is 0.971 bits per heavy atom. The Hall–Kier alpha value is -2.81. The molecule has 0 unspecified atom stereocenters. The molecule has 0 spiro atoms. The molecule has 4 bridgehead atoms. The van der Waals surface area contributed by atoms with E-state index in [0.717, 1.165) is 29.1 Å². The standard InChI is InChI=1S/C30H34O5/c1-32-12-13-33-21-34-28-11-10-22(6-5-9-29(31)35-26-7-3-2-4-8-26)17-27(28)30-18-23-14-24(19-30)16-25(15-23)20-30/h2-4,7-8,10-11,17,23-25H,9,12-16,18-21H2,1H3. The van der Waals surface area contributed by atoms with E-state index in [0.29, 0.717) is 19.0 Å². The molecule has 184 valence electrons. The summed E-state index contributed by atoms with van der Waals surface area (Å²) in [4.78, 5) is 12.2. The highest BCUT2D eigenvalue weighted by Crippen LogP contribution is 2.61. The Labute approximate surface area is 208 Å². The fraction of sp³-hybridized carbons (Fsp3) is 0.500. The van der Waals surface area contributed by atoms with Gasteiger partial charge in [-0.25, -0.2) is 0 Å². The van der Waals surface area contributed by atoms with E-state index in [1.807, 2.05) is 30.3 Å². The van der Waals surface area contributed by atoms with Gasteiger partial charge >= 0.3 is 5.97 Å². The SMILES string of the molecule is COCCOCOc1ccc(C#CCC(=O)Oc2ccccc2)cc1C12CC3CC(CC(C3)C1)C2. The van der Waals surface area contributed by atoms with Crippen molar-refractivity contribution in [3.8, 4) is 23.3 Å². The fourth-order valence-corrected chi connectivity index (χ4v) is 6.77. The van der Waals surface area contributed by atoms with E-state index < -0.39 is 0 Å². The molecule has 4 aliphatic rings. The summed E-state index contributed by atoms with van der Waals surface area (Å²) in [5, 5.41) is 0. The van der Waals surface area contributed by atoms with Crippen LogP contribution in [-0.4, -0.2) is 33.1 Å². The van der Waals surface area contributed by atoms with E-state index in [2.05, 4.69) is 17.9 Å². The lowest BCUT2D eigenvalue weighted by molar-refractivity contribution is -0.133. The smallest absolute Gasteiger partial charge is 0.323 e. The third kappa shape index (κ3) is 5.72. The molecule has 2 aromatic carbocycles. The van der Waals surface area contributed by atoms with Gasteiger partial charge in [0.25, 0.3) is 0 Å². The highest BCUT2D eigenvalue weighted by atomic mass is 16.7. The first-order chi connectivity index (χ1) is 17.1. The molecular formula is C30H34O5. The number of para-hydroxylation sites is 1. The summed E-state index contributed by atoms with van der Waals surface area (Å²) < 4.78 is 22.1. The molecule has 0 N–H and O–H groups in total. The number of hydrogen-bond acceptors (Lipinski definition) is 5. The van der Waals surface area contributed by atoms with Crippen LogP contribution in [-0.2, 0) is 19.7 Å². The molecule has 0 aliphatic heterocycles. The van der Waals surface area contributed by atoms with E-state index in [1.165, 1.54) is 44.1 Å². The van der Waals surface area contributed by atoms with E-state index in [9.17, 15) is 4.79 Å². The molecule has 0 saturated heterocycles. The summed E-state index contributed by atoms with van der Waals surface area (Å²) in [6.07, 6.45) is 7.92. The number of hydrogen-bond donors (Lipinski definition) is 0. The van der Waals surface area contributed by atoms with Crippen LogP contribution >= 0.6 is 0 Å². The molecule has 0 heterocycles. The molecule has 0 amide bonds. The van der Waals surface area contributed by atoms with Gasteiger partial charge in [-0.15, -0.1) is 0 Å². The molecule has 4 fully saturated rings. The lowest BCUT2D eigenvalue weighted by Gasteiger charge is -2.57. The zero-order chi connectivity index (χ0) is 24.1. The van der Waals surface area contributed by atoms with Crippen LogP contribution in [0.1, 0.15) is 56.1 Å². The van der Waals surface area contributed by atoms with Gasteiger partial charge in [-0.2, -0.15) is 0 Å². The van der Waals surface area contributed by atoms with Gasteiger partial charge in [0, 0.05) is 18.2 Å². The van der Waals surface area contributed by atoms with Crippen LogP contribution in [0.25, 0.3) is 0 Å². The van der Waals surface area contributed by atoms with Gasteiger partial charge in [-0.3, -0.25) is 4.79 Å². The number of methoxy groups -OCH3 is 1. The predicted octanol–water partition coefficient (Wildman–Crippen LogP) is 5.50. The number of esters is 1. The molecule has 4 aliphatic carbocycles. The molecule has 0 radical (unpaired) electrons. The highest BCUT2D eigenvalue weighted by Gasteiger charge is 2.52. The lowest BCUT2D eigenvalue weighted by Crippen LogP contribution is -2.48. The minimum atomic E-state index is -0.349. The largest absolute Gasteiger partial charge is 0.467 e. The summed E-state index contributed by atoms with van der Waals surface area (Å²) in [5.74, 6) is 9.77. The van der Waals surface area contributed by atoms with Crippen LogP contribution in [0, 0.1) is 29.6 Å². The molecule has 5 heteroatoms. The van der Waals surface area contributed by atoms with Crippen LogP contribution in [0.3, 0.4) is 0 Å². The molecule has 0 atom stereocenters. The van der Waals surface area contributed by atoms with Gasteiger partial charge in [-0.1, -0.05) is 30.0 Å². The van der Waals surface area contributed by atoms with E-state index in [1.54, 1.807) is 19.2 Å². The van der Waals surface area contributed by atoms with Crippen LogP contribution in [0.4, 0.5) is 0 Å². The molecular weight excluding hydrogens is 440 g/mol. The summed E-state index contributed by atoms with van der Waals surface area (Å²) in [7, 11) is 1.66. The van der Waals surface area contributed by atoms with Crippen molar-refractivity contribution in [2.75, 3.05) is 27.1 Å². The van der Waals surface area contributed by atoms with E-state index >= 15 is 0 Å². The van der Waals surface area contributed by atoms with Crippen LogP contribution in [0.15, 0.2) is 48.5 Å². The van der Waals surface area contributed by atoms with Crippen molar-refractivity contribution in [2.24, 2.45) is 17.8 Å². The Bertz CT molecular complexity index is 1050. The number of rotatable bonds is 9. The van der Waals surface area contributed by atoms with E-state index in [4.69, 9.17) is 18.9 Å². The summed E-state index contributed by atoms with van der Waals surface area (Å²) >= 11 is 0. The molecule has 2 aromatic rings. The third-order valence-electron chi connectivity index (χ3n) is 7.76. The molecule has 35 heavy (non-hydrogen) atoms. The van der Waals surface area contributed by atoms with Gasteiger partial charge in [0.15, 0.2) is 6.79 Å².